The molecule has 1 aromatic rings. The molecule has 1 rings (SSSR count). The molecule has 126 valence electrons. The summed E-state index contributed by atoms with van der Waals surface area (Å²) >= 11 is 0. The molecule has 0 saturated heterocycles. The van der Waals surface area contributed by atoms with Gasteiger partial charge in [-0.25, -0.2) is 0 Å². The number of methoxy groups -OCH3 is 4. The van der Waals surface area contributed by atoms with E-state index < -0.39 is 0 Å². The van der Waals surface area contributed by atoms with E-state index in [0.717, 1.165) is 0 Å². The number of hydrogen-bond donors (Lipinski definition) is 2. The smallest absolute Gasteiger partial charge is 0.238 e. The lowest BCUT2D eigenvalue weighted by molar-refractivity contribution is -0.115. The predicted molar refractivity (Wildman–Crippen MR) is 86.7 cm³/mol. The van der Waals surface area contributed by atoms with Gasteiger partial charge in [0.2, 0.25) is 11.7 Å². The number of nitrogens with one attached hydrogen (secondary N) is 2. The van der Waals surface area contributed by atoms with Crippen molar-refractivity contribution in [2.75, 3.05) is 53.5 Å². The standard InChI is InChI=1S/C14H22N2O5.ClH/c1-18-6-5-15-9-13(17)16-10-7-11(19-2)14(21-4)12(8-10)20-3;/h7-8,15H,5-6,9H2,1-4H3,(H,16,17);1H. The Labute approximate surface area is 136 Å². The molecule has 0 atom stereocenters. The molecule has 0 spiro atoms. The molecule has 8 heteroatoms. The summed E-state index contributed by atoms with van der Waals surface area (Å²) in [5.74, 6) is 1.29. The van der Waals surface area contributed by atoms with Gasteiger partial charge in [-0.1, -0.05) is 0 Å². The van der Waals surface area contributed by atoms with Crippen molar-refractivity contribution < 1.29 is 23.7 Å². The summed E-state index contributed by atoms with van der Waals surface area (Å²) in [4.78, 5) is 11.8. The van der Waals surface area contributed by atoms with Crippen LogP contribution in [0.2, 0.25) is 0 Å². The Morgan fingerprint density at radius 1 is 1.05 bits per heavy atom. The van der Waals surface area contributed by atoms with Crippen LogP contribution in [0, 0.1) is 0 Å². The second-order valence-electron chi connectivity index (χ2n) is 4.13. The Balaban J connectivity index is 0.00000441. The second kappa shape index (κ2) is 10.9. The largest absolute Gasteiger partial charge is 0.493 e. The number of carbonyl (C=O) groups excluding carboxylic acids is 1. The van der Waals surface area contributed by atoms with Crippen molar-refractivity contribution in [2.24, 2.45) is 0 Å². The van der Waals surface area contributed by atoms with Crippen molar-refractivity contribution in [1.82, 2.24) is 5.32 Å². The summed E-state index contributed by atoms with van der Waals surface area (Å²) in [5.41, 5.74) is 0.572. The van der Waals surface area contributed by atoms with Crippen LogP contribution in [-0.2, 0) is 9.53 Å². The maximum Gasteiger partial charge on any atom is 0.238 e. The van der Waals surface area contributed by atoms with Crippen molar-refractivity contribution in [3.8, 4) is 17.2 Å². The average molecular weight is 335 g/mol. The zero-order valence-corrected chi connectivity index (χ0v) is 14.0. The van der Waals surface area contributed by atoms with Gasteiger partial charge in [-0.2, -0.15) is 0 Å². The van der Waals surface area contributed by atoms with E-state index >= 15 is 0 Å². The molecule has 0 aromatic heterocycles. The van der Waals surface area contributed by atoms with Crippen LogP contribution in [-0.4, -0.2) is 54.0 Å². The van der Waals surface area contributed by atoms with E-state index in [9.17, 15) is 4.79 Å². The second-order valence-corrected chi connectivity index (χ2v) is 4.13. The molecular weight excluding hydrogens is 312 g/mol. The van der Waals surface area contributed by atoms with Crippen LogP contribution in [0.25, 0.3) is 0 Å². The zero-order valence-electron chi connectivity index (χ0n) is 13.2. The van der Waals surface area contributed by atoms with E-state index in [2.05, 4.69) is 10.6 Å². The first-order chi connectivity index (χ1) is 10.2. The first-order valence-electron chi connectivity index (χ1n) is 6.45. The van der Waals surface area contributed by atoms with Gasteiger partial charge in [0, 0.05) is 31.5 Å². The number of anilines is 1. The van der Waals surface area contributed by atoms with E-state index in [1.54, 1.807) is 19.2 Å². The average Bonchev–Trinajstić information content (AvgIpc) is 2.50. The summed E-state index contributed by atoms with van der Waals surface area (Å²) in [6.07, 6.45) is 0. The Morgan fingerprint density at radius 3 is 2.09 bits per heavy atom. The Kier molecular flexibility index (Phi) is 10.1. The van der Waals surface area contributed by atoms with E-state index in [1.807, 2.05) is 0 Å². The fourth-order valence-electron chi connectivity index (χ4n) is 1.73. The molecular formula is C14H23ClN2O5. The van der Waals surface area contributed by atoms with Gasteiger partial charge < -0.3 is 29.6 Å². The topological polar surface area (TPSA) is 78.1 Å². The first kappa shape index (κ1) is 20.3. The molecule has 1 aromatic carbocycles. The molecule has 1 amide bonds. The van der Waals surface area contributed by atoms with Crippen LogP contribution >= 0.6 is 12.4 Å². The summed E-state index contributed by atoms with van der Waals surface area (Å²) in [6.45, 7) is 1.36. The van der Waals surface area contributed by atoms with Crippen LogP contribution in [0.15, 0.2) is 12.1 Å². The van der Waals surface area contributed by atoms with E-state index in [4.69, 9.17) is 18.9 Å². The van der Waals surface area contributed by atoms with Gasteiger partial charge in [-0.3, -0.25) is 4.79 Å². The van der Waals surface area contributed by atoms with Gasteiger partial charge in [0.25, 0.3) is 0 Å². The number of hydrogen-bond acceptors (Lipinski definition) is 6. The summed E-state index contributed by atoms with van der Waals surface area (Å²) in [7, 11) is 6.18. The molecule has 0 aliphatic rings. The summed E-state index contributed by atoms with van der Waals surface area (Å²) in [5, 5.41) is 5.72. The van der Waals surface area contributed by atoms with Gasteiger partial charge >= 0.3 is 0 Å². The van der Waals surface area contributed by atoms with E-state index in [0.29, 0.717) is 36.1 Å². The third-order valence-electron chi connectivity index (χ3n) is 2.72. The third kappa shape index (κ3) is 5.97. The van der Waals surface area contributed by atoms with Gasteiger partial charge in [0.05, 0.1) is 34.5 Å². The number of halogens is 1. The number of benzene rings is 1. The molecule has 0 aliphatic carbocycles. The minimum atomic E-state index is -0.166. The SMILES string of the molecule is COCCNCC(=O)Nc1cc(OC)c(OC)c(OC)c1.Cl. The predicted octanol–water partition coefficient (Wildman–Crippen LogP) is 1.31. The summed E-state index contributed by atoms with van der Waals surface area (Å²) in [6, 6.07) is 3.35. The maximum atomic E-state index is 11.8. The lowest BCUT2D eigenvalue weighted by atomic mass is 10.2. The highest BCUT2D eigenvalue weighted by Gasteiger charge is 2.14. The molecule has 0 saturated carbocycles. The van der Waals surface area contributed by atoms with Gasteiger partial charge in [-0.05, 0) is 0 Å². The lowest BCUT2D eigenvalue weighted by Crippen LogP contribution is -2.30. The fourth-order valence-corrected chi connectivity index (χ4v) is 1.73. The van der Waals surface area contributed by atoms with Crippen LogP contribution in [0.5, 0.6) is 17.2 Å². The van der Waals surface area contributed by atoms with Gasteiger partial charge in [0.1, 0.15) is 0 Å². The first-order valence-corrected chi connectivity index (χ1v) is 6.45. The van der Waals surface area contributed by atoms with Gasteiger partial charge in [-0.15, -0.1) is 12.4 Å². The monoisotopic (exact) mass is 334 g/mol. The van der Waals surface area contributed by atoms with Crippen LogP contribution in [0.1, 0.15) is 0 Å². The maximum absolute atomic E-state index is 11.8. The molecule has 0 fully saturated rings. The minimum absolute atomic E-state index is 0. The molecule has 0 unspecified atom stereocenters. The molecule has 7 nitrogen and oxygen atoms in total. The normalized spacial score (nSPS) is 9.64. The Hall–Kier alpha value is -1.70. The number of rotatable bonds is 9. The number of amides is 1. The van der Waals surface area contributed by atoms with Crippen LogP contribution in [0.4, 0.5) is 5.69 Å². The van der Waals surface area contributed by atoms with Crippen molar-refractivity contribution in [2.45, 2.75) is 0 Å². The third-order valence-corrected chi connectivity index (χ3v) is 2.72. The Bertz CT molecular complexity index is 446. The summed E-state index contributed by atoms with van der Waals surface area (Å²) < 4.78 is 20.6. The van der Waals surface area contributed by atoms with Crippen LogP contribution < -0.4 is 24.8 Å². The van der Waals surface area contributed by atoms with Crippen LogP contribution in [0.3, 0.4) is 0 Å². The molecule has 0 radical (unpaired) electrons. The zero-order chi connectivity index (χ0) is 15.7. The molecule has 22 heavy (non-hydrogen) atoms. The van der Waals surface area contributed by atoms with Crippen molar-refractivity contribution in [1.29, 1.82) is 0 Å². The highest BCUT2D eigenvalue weighted by atomic mass is 35.5. The minimum Gasteiger partial charge on any atom is -0.493 e. The molecule has 0 bridgehead atoms. The highest BCUT2D eigenvalue weighted by Crippen LogP contribution is 2.39. The molecule has 2 N–H and O–H groups in total. The fraction of sp³-hybridized carbons (Fsp3) is 0.500. The van der Waals surface area contributed by atoms with Gasteiger partial charge in [0.15, 0.2) is 11.5 Å². The van der Waals surface area contributed by atoms with Crippen molar-refractivity contribution >= 4 is 24.0 Å². The highest BCUT2D eigenvalue weighted by molar-refractivity contribution is 5.93. The van der Waals surface area contributed by atoms with Crippen molar-refractivity contribution in [3.63, 3.8) is 0 Å². The number of carbonyl (C=O) groups is 1. The van der Waals surface area contributed by atoms with Crippen molar-refractivity contribution in [3.05, 3.63) is 12.1 Å². The van der Waals surface area contributed by atoms with E-state index in [1.165, 1.54) is 21.3 Å². The van der Waals surface area contributed by atoms with E-state index in [-0.39, 0.29) is 24.9 Å². The quantitative estimate of drug-likeness (QED) is 0.663. The number of ether oxygens (including phenoxy) is 4. The molecule has 0 heterocycles. The molecule has 0 aliphatic heterocycles. The Morgan fingerprint density at radius 2 is 1.64 bits per heavy atom. The lowest BCUT2D eigenvalue weighted by Gasteiger charge is -2.14.